The Balaban J connectivity index is 1.57. The van der Waals surface area contributed by atoms with E-state index in [0.717, 1.165) is 38.3 Å². The second-order valence-electron chi connectivity index (χ2n) is 5.42. The first-order chi connectivity index (χ1) is 10.2. The second-order valence-corrected chi connectivity index (χ2v) is 5.42. The molecule has 3 rings (SSSR count). The largest absolute Gasteiger partial charge is 0.504 e. The maximum Gasteiger partial charge on any atom is 0.157 e. The van der Waals surface area contributed by atoms with Gasteiger partial charge in [-0.3, -0.25) is 4.90 Å². The molecule has 0 atom stereocenters. The van der Waals surface area contributed by atoms with Crippen molar-refractivity contribution in [1.82, 2.24) is 4.90 Å². The third-order valence-electron chi connectivity index (χ3n) is 3.94. The Morgan fingerprint density at radius 2 is 1.52 bits per heavy atom. The van der Waals surface area contributed by atoms with Crippen molar-refractivity contribution in [2.75, 3.05) is 31.1 Å². The first kappa shape index (κ1) is 13.8. The molecule has 4 nitrogen and oxygen atoms in total. The molecule has 0 amide bonds. The van der Waals surface area contributed by atoms with Crippen molar-refractivity contribution in [1.29, 1.82) is 0 Å². The van der Waals surface area contributed by atoms with Crippen molar-refractivity contribution < 1.29 is 10.2 Å². The summed E-state index contributed by atoms with van der Waals surface area (Å²) in [6.45, 7) is 4.81. The summed E-state index contributed by atoms with van der Waals surface area (Å²) in [6, 6.07) is 15.5. The standard InChI is InChI=1S/C17H20N2O2/c20-16-7-6-14(12-17(16)21)13-18-8-10-19(11-9-18)15-4-2-1-3-5-15/h1-7,12,20-21H,8-11,13H2. The minimum Gasteiger partial charge on any atom is -0.504 e. The molecule has 110 valence electrons. The molecule has 0 unspecified atom stereocenters. The molecule has 2 aromatic carbocycles. The zero-order chi connectivity index (χ0) is 14.7. The normalized spacial score (nSPS) is 16.1. The van der Waals surface area contributed by atoms with E-state index in [0.29, 0.717) is 0 Å². The molecule has 1 aliphatic heterocycles. The van der Waals surface area contributed by atoms with E-state index in [9.17, 15) is 10.2 Å². The molecule has 21 heavy (non-hydrogen) atoms. The Kier molecular flexibility index (Phi) is 3.97. The van der Waals surface area contributed by atoms with Crippen LogP contribution in [0.2, 0.25) is 0 Å². The van der Waals surface area contributed by atoms with Gasteiger partial charge >= 0.3 is 0 Å². The monoisotopic (exact) mass is 284 g/mol. The quantitative estimate of drug-likeness (QED) is 0.850. The van der Waals surface area contributed by atoms with Crippen molar-refractivity contribution in [2.45, 2.75) is 6.54 Å². The van der Waals surface area contributed by atoms with Gasteiger partial charge < -0.3 is 15.1 Å². The number of hydrogen-bond donors (Lipinski definition) is 2. The zero-order valence-corrected chi connectivity index (χ0v) is 11.9. The highest BCUT2D eigenvalue weighted by Crippen LogP contribution is 2.25. The molecule has 1 heterocycles. The van der Waals surface area contributed by atoms with Crippen LogP contribution >= 0.6 is 0 Å². The number of para-hydroxylation sites is 1. The molecule has 0 bridgehead atoms. The van der Waals surface area contributed by atoms with Crippen molar-refractivity contribution in [2.24, 2.45) is 0 Å². The minimum atomic E-state index is -0.0624. The average Bonchev–Trinajstić information content (AvgIpc) is 2.53. The number of rotatable bonds is 3. The van der Waals surface area contributed by atoms with Gasteiger partial charge in [-0.15, -0.1) is 0 Å². The number of phenolic OH excluding ortho intramolecular Hbond substituents is 2. The van der Waals surface area contributed by atoms with Crippen LogP contribution in [0.25, 0.3) is 0 Å². The highest BCUT2D eigenvalue weighted by molar-refractivity contribution is 5.46. The van der Waals surface area contributed by atoms with Gasteiger partial charge in [0.1, 0.15) is 0 Å². The third-order valence-corrected chi connectivity index (χ3v) is 3.94. The predicted octanol–water partition coefficient (Wildman–Crippen LogP) is 2.42. The van der Waals surface area contributed by atoms with Crippen LogP contribution in [0.15, 0.2) is 48.5 Å². The average molecular weight is 284 g/mol. The Labute approximate surface area is 124 Å². The van der Waals surface area contributed by atoms with Gasteiger partial charge in [0.25, 0.3) is 0 Å². The van der Waals surface area contributed by atoms with E-state index in [-0.39, 0.29) is 11.5 Å². The van der Waals surface area contributed by atoms with Crippen LogP contribution in [0.3, 0.4) is 0 Å². The summed E-state index contributed by atoms with van der Waals surface area (Å²) in [5.74, 6) is -0.108. The first-order valence-corrected chi connectivity index (χ1v) is 7.25. The van der Waals surface area contributed by atoms with E-state index >= 15 is 0 Å². The van der Waals surface area contributed by atoms with E-state index in [1.54, 1.807) is 12.1 Å². The minimum absolute atomic E-state index is 0.0459. The fourth-order valence-corrected chi connectivity index (χ4v) is 2.73. The lowest BCUT2D eigenvalue weighted by Gasteiger charge is -2.36. The van der Waals surface area contributed by atoms with Crippen LogP contribution in [0.1, 0.15) is 5.56 Å². The van der Waals surface area contributed by atoms with Gasteiger partial charge in [-0.25, -0.2) is 0 Å². The van der Waals surface area contributed by atoms with E-state index in [1.807, 2.05) is 12.1 Å². The van der Waals surface area contributed by atoms with Crippen molar-refractivity contribution >= 4 is 5.69 Å². The smallest absolute Gasteiger partial charge is 0.157 e. The number of anilines is 1. The molecule has 1 aliphatic rings. The fourth-order valence-electron chi connectivity index (χ4n) is 2.73. The van der Waals surface area contributed by atoms with Crippen LogP contribution in [0.5, 0.6) is 11.5 Å². The van der Waals surface area contributed by atoms with Gasteiger partial charge in [0, 0.05) is 38.4 Å². The maximum atomic E-state index is 9.54. The third kappa shape index (κ3) is 3.28. The van der Waals surface area contributed by atoms with Crippen LogP contribution in [0, 0.1) is 0 Å². The molecule has 0 aliphatic carbocycles. The number of phenols is 2. The van der Waals surface area contributed by atoms with Crippen molar-refractivity contribution in [3.8, 4) is 11.5 Å². The topological polar surface area (TPSA) is 46.9 Å². The summed E-state index contributed by atoms with van der Waals surface area (Å²) in [4.78, 5) is 4.76. The lowest BCUT2D eigenvalue weighted by molar-refractivity contribution is 0.249. The number of nitrogens with zero attached hydrogens (tertiary/aromatic N) is 2. The van der Waals surface area contributed by atoms with E-state index in [2.05, 4.69) is 34.1 Å². The number of hydrogen-bond acceptors (Lipinski definition) is 4. The number of aromatic hydroxyl groups is 2. The summed E-state index contributed by atoms with van der Waals surface area (Å²) in [6.07, 6.45) is 0. The van der Waals surface area contributed by atoms with Gasteiger partial charge in [-0.1, -0.05) is 24.3 Å². The summed E-state index contributed by atoms with van der Waals surface area (Å²) in [5, 5.41) is 18.9. The summed E-state index contributed by atoms with van der Waals surface area (Å²) < 4.78 is 0. The molecule has 1 saturated heterocycles. The molecular formula is C17H20N2O2. The van der Waals surface area contributed by atoms with Gasteiger partial charge in [0.05, 0.1) is 0 Å². The lowest BCUT2D eigenvalue weighted by atomic mass is 10.1. The second kappa shape index (κ2) is 6.06. The molecular weight excluding hydrogens is 264 g/mol. The summed E-state index contributed by atoms with van der Waals surface area (Å²) in [5.41, 5.74) is 2.30. The van der Waals surface area contributed by atoms with Crippen LogP contribution < -0.4 is 4.90 Å². The first-order valence-electron chi connectivity index (χ1n) is 7.25. The van der Waals surface area contributed by atoms with Crippen LogP contribution in [0.4, 0.5) is 5.69 Å². The molecule has 0 saturated carbocycles. The van der Waals surface area contributed by atoms with Crippen LogP contribution in [-0.2, 0) is 6.54 Å². The highest BCUT2D eigenvalue weighted by atomic mass is 16.3. The number of piperazine rings is 1. The number of benzene rings is 2. The molecule has 4 heteroatoms. The van der Waals surface area contributed by atoms with Crippen LogP contribution in [-0.4, -0.2) is 41.3 Å². The van der Waals surface area contributed by atoms with E-state index < -0.39 is 0 Å². The molecule has 0 aromatic heterocycles. The SMILES string of the molecule is Oc1ccc(CN2CCN(c3ccccc3)CC2)cc1O. The molecule has 2 N–H and O–H groups in total. The van der Waals surface area contributed by atoms with Gasteiger partial charge in [0.2, 0.25) is 0 Å². The maximum absolute atomic E-state index is 9.54. The Morgan fingerprint density at radius 1 is 0.810 bits per heavy atom. The van der Waals surface area contributed by atoms with E-state index in [4.69, 9.17) is 0 Å². The van der Waals surface area contributed by atoms with Gasteiger partial charge in [0.15, 0.2) is 11.5 Å². The highest BCUT2D eigenvalue weighted by Gasteiger charge is 2.17. The Hall–Kier alpha value is -2.20. The van der Waals surface area contributed by atoms with Gasteiger partial charge in [-0.2, -0.15) is 0 Å². The van der Waals surface area contributed by atoms with Gasteiger partial charge in [-0.05, 0) is 29.8 Å². The lowest BCUT2D eigenvalue weighted by Crippen LogP contribution is -2.45. The predicted molar refractivity (Wildman–Crippen MR) is 83.7 cm³/mol. The molecule has 2 aromatic rings. The fraction of sp³-hybridized carbons (Fsp3) is 0.294. The van der Waals surface area contributed by atoms with E-state index in [1.165, 1.54) is 5.69 Å². The molecule has 0 spiro atoms. The van der Waals surface area contributed by atoms with Crippen molar-refractivity contribution in [3.05, 3.63) is 54.1 Å². The molecule has 0 radical (unpaired) electrons. The Bertz CT molecular complexity index is 593. The summed E-state index contributed by atoms with van der Waals surface area (Å²) in [7, 11) is 0. The Morgan fingerprint density at radius 3 is 2.19 bits per heavy atom. The zero-order valence-electron chi connectivity index (χ0n) is 11.9. The summed E-state index contributed by atoms with van der Waals surface area (Å²) >= 11 is 0. The molecule has 1 fully saturated rings. The van der Waals surface area contributed by atoms with Crippen molar-refractivity contribution in [3.63, 3.8) is 0 Å².